The third kappa shape index (κ3) is 0.994. The second kappa shape index (κ2) is 2.44. The van der Waals surface area contributed by atoms with Crippen molar-refractivity contribution < 1.29 is 9.90 Å². The van der Waals surface area contributed by atoms with Gasteiger partial charge in [-0.25, -0.2) is 9.78 Å². The molecular formula is C7H5N3O3. The van der Waals surface area contributed by atoms with E-state index in [2.05, 4.69) is 9.97 Å². The first kappa shape index (κ1) is 7.53. The summed E-state index contributed by atoms with van der Waals surface area (Å²) < 4.78 is 0.527. The Kier molecular flexibility index (Phi) is 1.42. The Morgan fingerprint density at radius 3 is 3.08 bits per heavy atom. The van der Waals surface area contributed by atoms with Crippen LogP contribution in [0.15, 0.2) is 23.4 Å². The molecule has 66 valence electrons. The summed E-state index contributed by atoms with van der Waals surface area (Å²) >= 11 is 0. The van der Waals surface area contributed by atoms with Gasteiger partial charge in [0.1, 0.15) is 11.8 Å². The van der Waals surface area contributed by atoms with Crippen molar-refractivity contribution in [1.82, 2.24) is 14.5 Å². The van der Waals surface area contributed by atoms with Crippen LogP contribution in [-0.4, -0.2) is 25.7 Å². The molecule has 0 bridgehead atoms. The molecule has 2 N–H and O–H groups in total. The lowest BCUT2D eigenvalue weighted by Crippen LogP contribution is -2.25. The third-order valence-electron chi connectivity index (χ3n) is 1.68. The van der Waals surface area contributed by atoms with Crippen molar-refractivity contribution in [2.24, 2.45) is 0 Å². The van der Waals surface area contributed by atoms with Gasteiger partial charge in [-0.05, 0) is 6.07 Å². The lowest BCUT2D eigenvalue weighted by Gasteiger charge is -1.95. The van der Waals surface area contributed by atoms with Crippen LogP contribution in [0.2, 0.25) is 0 Å². The van der Waals surface area contributed by atoms with Crippen molar-refractivity contribution in [2.45, 2.75) is 0 Å². The smallest absolute Gasteiger partial charge is 0.419 e. The Morgan fingerprint density at radius 1 is 1.62 bits per heavy atom. The van der Waals surface area contributed by atoms with Crippen LogP contribution in [0.25, 0.3) is 11.0 Å². The molecule has 0 atom stereocenters. The zero-order valence-electron chi connectivity index (χ0n) is 6.39. The highest BCUT2D eigenvalue weighted by molar-refractivity contribution is 5.77. The molecule has 13 heavy (non-hydrogen) atoms. The molecule has 0 saturated carbocycles. The molecule has 2 aromatic heterocycles. The van der Waals surface area contributed by atoms with Gasteiger partial charge in [0.05, 0.1) is 5.52 Å². The summed E-state index contributed by atoms with van der Waals surface area (Å²) in [6.45, 7) is 0. The quantitative estimate of drug-likeness (QED) is 0.606. The number of nitrogens with one attached hydrogen (secondary N) is 1. The fourth-order valence-electron chi connectivity index (χ4n) is 1.07. The van der Waals surface area contributed by atoms with E-state index in [9.17, 15) is 9.59 Å². The molecule has 0 radical (unpaired) electrons. The minimum absolute atomic E-state index is 0.199. The summed E-state index contributed by atoms with van der Waals surface area (Å²) in [5, 5.41) is 8.57. The Balaban J connectivity index is 2.89. The Morgan fingerprint density at radius 2 is 2.38 bits per heavy atom. The molecule has 0 aliphatic carbocycles. The first-order chi connectivity index (χ1) is 6.20. The fraction of sp³-hybridized carbons (Fsp3) is 0. The van der Waals surface area contributed by atoms with Crippen molar-refractivity contribution in [3.63, 3.8) is 0 Å². The monoisotopic (exact) mass is 179 g/mol. The molecule has 0 aromatic carbocycles. The van der Waals surface area contributed by atoms with E-state index in [1.807, 2.05) is 0 Å². The predicted molar refractivity (Wildman–Crippen MR) is 43.8 cm³/mol. The van der Waals surface area contributed by atoms with E-state index in [1.54, 1.807) is 6.07 Å². The van der Waals surface area contributed by atoms with E-state index in [0.717, 1.165) is 6.33 Å². The van der Waals surface area contributed by atoms with Crippen molar-refractivity contribution >= 4 is 17.1 Å². The summed E-state index contributed by atoms with van der Waals surface area (Å²) in [4.78, 5) is 28.2. The number of hydrogen-bond donors (Lipinski definition) is 2. The maximum absolute atomic E-state index is 11.3. The molecule has 2 heterocycles. The minimum Gasteiger partial charge on any atom is -0.464 e. The summed E-state index contributed by atoms with van der Waals surface area (Å²) in [6.07, 6.45) is 1.18. The van der Waals surface area contributed by atoms with Crippen molar-refractivity contribution in [2.75, 3.05) is 0 Å². The molecule has 0 amide bonds. The number of carboxylic acid groups (broad SMARTS) is 1. The van der Waals surface area contributed by atoms with Crippen LogP contribution in [0.1, 0.15) is 0 Å². The standard InChI is InChI=1S/C7H5N3O3/c11-6-5-4(1-2-8-5)9-3-10(6)7(12)13/h1-3,8H,(H,12,13). The van der Waals surface area contributed by atoms with Gasteiger partial charge in [-0.1, -0.05) is 0 Å². The van der Waals surface area contributed by atoms with Gasteiger partial charge in [-0.2, -0.15) is 4.57 Å². The number of fused-ring (bicyclic) bond motifs is 1. The van der Waals surface area contributed by atoms with E-state index < -0.39 is 11.7 Å². The first-order valence-electron chi connectivity index (χ1n) is 3.48. The van der Waals surface area contributed by atoms with E-state index in [4.69, 9.17) is 5.11 Å². The van der Waals surface area contributed by atoms with E-state index in [0.29, 0.717) is 10.1 Å². The SMILES string of the molecule is O=C(O)n1cnc2cc[nH]c2c1=O. The van der Waals surface area contributed by atoms with Crippen LogP contribution >= 0.6 is 0 Å². The highest BCUT2D eigenvalue weighted by Gasteiger charge is 2.08. The number of rotatable bonds is 0. The van der Waals surface area contributed by atoms with E-state index >= 15 is 0 Å². The second-order valence-electron chi connectivity index (χ2n) is 2.44. The second-order valence-corrected chi connectivity index (χ2v) is 2.44. The largest absolute Gasteiger partial charge is 0.464 e. The molecule has 0 spiro atoms. The highest BCUT2D eigenvalue weighted by Crippen LogP contribution is 2.01. The topological polar surface area (TPSA) is 88.0 Å². The van der Waals surface area contributed by atoms with Gasteiger partial charge < -0.3 is 10.1 Å². The third-order valence-corrected chi connectivity index (χ3v) is 1.68. The molecule has 2 rings (SSSR count). The number of hydrogen-bond acceptors (Lipinski definition) is 3. The molecule has 0 saturated heterocycles. The van der Waals surface area contributed by atoms with Gasteiger partial charge in [-0.15, -0.1) is 0 Å². The Hall–Kier alpha value is -2.11. The molecule has 6 heteroatoms. The Labute approximate surface area is 71.5 Å². The number of carbonyl (C=O) groups is 1. The summed E-state index contributed by atoms with van der Waals surface area (Å²) in [5.41, 5.74) is 0.0508. The average Bonchev–Trinajstić information content (AvgIpc) is 2.52. The van der Waals surface area contributed by atoms with Crippen LogP contribution in [0, 0.1) is 0 Å². The highest BCUT2D eigenvalue weighted by atomic mass is 16.4. The number of aromatic amines is 1. The zero-order valence-corrected chi connectivity index (χ0v) is 6.39. The Bertz CT molecular complexity index is 525. The van der Waals surface area contributed by atoms with Gasteiger partial charge in [0.15, 0.2) is 0 Å². The van der Waals surface area contributed by atoms with Crippen LogP contribution in [-0.2, 0) is 0 Å². The van der Waals surface area contributed by atoms with E-state index in [1.165, 1.54) is 6.20 Å². The molecule has 2 aromatic rings. The fourth-order valence-corrected chi connectivity index (χ4v) is 1.07. The number of nitrogens with zero attached hydrogens (tertiary/aromatic N) is 2. The molecule has 0 aliphatic heterocycles. The minimum atomic E-state index is -1.34. The van der Waals surface area contributed by atoms with Gasteiger partial charge in [-0.3, -0.25) is 4.79 Å². The predicted octanol–water partition coefficient (Wildman–Crippen LogP) is 0.251. The number of H-pyrrole nitrogens is 1. The maximum atomic E-state index is 11.3. The summed E-state index contributed by atoms with van der Waals surface area (Å²) in [5.74, 6) is 0. The molecule has 0 aliphatic rings. The van der Waals surface area contributed by atoms with Crippen LogP contribution < -0.4 is 5.56 Å². The van der Waals surface area contributed by atoms with Crippen LogP contribution in [0.4, 0.5) is 4.79 Å². The maximum Gasteiger partial charge on any atom is 0.419 e. The molecular weight excluding hydrogens is 174 g/mol. The average molecular weight is 179 g/mol. The summed E-state index contributed by atoms with van der Waals surface area (Å²) in [7, 11) is 0. The molecule has 6 nitrogen and oxygen atoms in total. The van der Waals surface area contributed by atoms with Crippen molar-refractivity contribution in [3.05, 3.63) is 28.9 Å². The van der Waals surface area contributed by atoms with Gasteiger partial charge in [0, 0.05) is 6.20 Å². The van der Waals surface area contributed by atoms with Gasteiger partial charge >= 0.3 is 6.09 Å². The molecule has 0 unspecified atom stereocenters. The van der Waals surface area contributed by atoms with Crippen molar-refractivity contribution in [1.29, 1.82) is 0 Å². The summed E-state index contributed by atoms with van der Waals surface area (Å²) in [6, 6.07) is 1.60. The van der Waals surface area contributed by atoms with Gasteiger partial charge in [0.25, 0.3) is 5.56 Å². The lowest BCUT2D eigenvalue weighted by molar-refractivity contribution is 0.195. The van der Waals surface area contributed by atoms with Gasteiger partial charge in [0.2, 0.25) is 0 Å². The molecule has 0 fully saturated rings. The lowest BCUT2D eigenvalue weighted by atomic mass is 10.4. The van der Waals surface area contributed by atoms with Crippen LogP contribution in [0.3, 0.4) is 0 Å². The van der Waals surface area contributed by atoms with E-state index in [-0.39, 0.29) is 5.52 Å². The number of aromatic nitrogens is 3. The normalized spacial score (nSPS) is 10.5. The van der Waals surface area contributed by atoms with Crippen molar-refractivity contribution in [3.8, 4) is 0 Å². The first-order valence-corrected chi connectivity index (χ1v) is 3.48. The van der Waals surface area contributed by atoms with Crippen LogP contribution in [0.5, 0.6) is 0 Å². The zero-order chi connectivity index (χ0) is 9.42.